The number of hydrogen-bond acceptors (Lipinski definition) is 5. The molecule has 0 amide bonds. The Balaban J connectivity index is 1.06. The van der Waals surface area contributed by atoms with E-state index in [-0.39, 0.29) is 97.4 Å². The highest BCUT2D eigenvalue weighted by Gasteiger charge is 2.19. The molecule has 0 aliphatic rings. The maximum atomic E-state index is 9.71. The van der Waals surface area contributed by atoms with Crippen LogP contribution in [0.3, 0.4) is 0 Å². The van der Waals surface area contributed by atoms with Crippen LogP contribution < -0.4 is 0 Å². The van der Waals surface area contributed by atoms with Gasteiger partial charge in [0, 0.05) is 47.6 Å². The third-order valence-corrected chi connectivity index (χ3v) is 12.0. The molecule has 5 heteroatoms. The van der Waals surface area contributed by atoms with Crippen molar-refractivity contribution >= 4 is 53.4 Å². The number of fused-ring (bicyclic) bond motifs is 6. The van der Waals surface area contributed by atoms with Crippen LogP contribution in [0.4, 0.5) is 0 Å². The highest BCUT2D eigenvalue weighted by atomic mass is 32.1. The predicted octanol–water partition coefficient (Wildman–Crippen LogP) is 15.8. The maximum Gasteiger partial charge on any atom is 0.165 e. The van der Waals surface area contributed by atoms with Gasteiger partial charge in [0.25, 0.3) is 0 Å². The maximum absolute atomic E-state index is 9.71. The molecule has 0 saturated carbocycles. The monoisotopic (exact) mass is 824 g/mol. The molecule has 0 spiro atoms. The normalized spacial score (nSPS) is 14.9. The molecular weight excluding hydrogens is 775 g/mol. The van der Waals surface area contributed by atoms with Crippen LogP contribution in [0.2, 0.25) is 0 Å². The molecule has 62 heavy (non-hydrogen) atoms. The van der Waals surface area contributed by atoms with Crippen LogP contribution in [-0.2, 0) is 0 Å². The zero-order chi connectivity index (χ0) is 54.0. The second-order valence-electron chi connectivity index (χ2n) is 14.4. The lowest BCUT2D eigenvalue weighted by Gasteiger charge is -2.10. The average Bonchev–Trinajstić information content (AvgIpc) is 4.07. The lowest BCUT2D eigenvalue weighted by atomic mass is 9.98. The summed E-state index contributed by atoms with van der Waals surface area (Å²) in [6, 6.07) is 30.0. The van der Waals surface area contributed by atoms with Crippen molar-refractivity contribution in [3.8, 4) is 78.7 Å². The van der Waals surface area contributed by atoms with Crippen molar-refractivity contribution in [1.82, 2.24) is 15.0 Å². The van der Waals surface area contributed by atoms with Crippen LogP contribution in [-0.4, -0.2) is 15.0 Å². The molecule has 9 aromatic carbocycles. The molecule has 0 aliphatic heterocycles. The Labute approximate surface area is 383 Å². The highest BCUT2D eigenvalue weighted by molar-refractivity contribution is 7.26. The van der Waals surface area contributed by atoms with Crippen LogP contribution in [0.25, 0.3) is 121 Å². The molecule has 0 saturated heterocycles. The summed E-state index contributed by atoms with van der Waals surface area (Å²) in [4.78, 5) is 14.9. The largest absolute Gasteiger partial charge is 0.456 e. The van der Waals surface area contributed by atoms with Crippen molar-refractivity contribution in [2.24, 2.45) is 0 Å². The molecule has 3 heterocycles. The molecule has 290 valence electrons. The number of nitrogens with zero attached hydrogens (tertiary/aromatic N) is 3. The van der Waals surface area contributed by atoms with E-state index < -0.39 is 60.4 Å². The molecule has 12 rings (SSSR count). The fourth-order valence-corrected chi connectivity index (χ4v) is 9.03. The van der Waals surface area contributed by atoms with Crippen LogP contribution in [0.5, 0.6) is 0 Å². The third-order valence-electron chi connectivity index (χ3n) is 10.7. The van der Waals surface area contributed by atoms with E-state index in [2.05, 4.69) is 0 Å². The van der Waals surface area contributed by atoms with Gasteiger partial charge in [-0.1, -0.05) is 176 Å². The number of benzene rings is 9. The van der Waals surface area contributed by atoms with E-state index in [1.165, 1.54) is 17.4 Å². The molecule has 4 nitrogen and oxygen atoms in total. The molecule has 3 aromatic heterocycles. The minimum Gasteiger partial charge on any atom is -0.456 e. The van der Waals surface area contributed by atoms with E-state index in [1.807, 2.05) is 78.9 Å². The second kappa shape index (κ2) is 14.9. The molecule has 0 aliphatic carbocycles. The summed E-state index contributed by atoms with van der Waals surface area (Å²) in [5.74, 6) is 0.185. The smallest absolute Gasteiger partial charge is 0.165 e. The summed E-state index contributed by atoms with van der Waals surface area (Å²) in [5.41, 5.74) is 3.83. The van der Waals surface area contributed by atoms with Gasteiger partial charge in [-0.15, -0.1) is 11.3 Å². The van der Waals surface area contributed by atoms with E-state index in [0.29, 0.717) is 31.7 Å². The lowest BCUT2D eigenvalue weighted by molar-refractivity contribution is 0.669. The van der Waals surface area contributed by atoms with Crippen LogP contribution in [0, 0.1) is 0 Å². The fourth-order valence-electron chi connectivity index (χ4n) is 7.70. The Morgan fingerprint density at radius 2 is 0.952 bits per heavy atom. The van der Waals surface area contributed by atoms with Gasteiger partial charge in [-0.2, -0.15) is 0 Å². The van der Waals surface area contributed by atoms with Crippen LogP contribution in [0.1, 0.15) is 20.6 Å². The van der Waals surface area contributed by atoms with Crippen molar-refractivity contribution in [3.05, 3.63) is 212 Å². The Kier molecular flexibility index (Phi) is 5.71. The number of furan rings is 1. The van der Waals surface area contributed by atoms with Crippen molar-refractivity contribution < 1.29 is 25.0 Å². The standard InChI is InChI=1S/C57H35N3OS/c1-4-13-36(14-5-1)38-25-27-40(28-26-38)55-58-56(60-57(59-55)49-24-12-23-48-47-22-11-21-45(53(47)62-54(48)49)39-17-8-3-9-18-39)44-29-31-46-50-34-43(30-32-51(50)61-52(46)35-44)42-20-10-19-41(33-42)37-15-6-2-7-16-37/h1-35H/i2D,3D,6D,7D,8D,9D,15D,16D,17D,18D,29D,31D,32D,34D,35D. The van der Waals surface area contributed by atoms with Crippen molar-refractivity contribution in [1.29, 1.82) is 0 Å². The van der Waals surface area contributed by atoms with E-state index >= 15 is 0 Å². The topological polar surface area (TPSA) is 51.8 Å². The number of hydrogen-bond donors (Lipinski definition) is 0. The molecule has 0 bridgehead atoms. The molecule has 0 unspecified atom stereocenters. The van der Waals surface area contributed by atoms with Gasteiger partial charge < -0.3 is 4.42 Å². The van der Waals surface area contributed by atoms with Gasteiger partial charge in [-0.3, -0.25) is 0 Å². The first-order valence-corrected chi connectivity index (χ1v) is 20.3. The Bertz CT molecular complexity index is 4470. The number of rotatable bonds is 7. The second-order valence-corrected chi connectivity index (χ2v) is 15.4. The van der Waals surface area contributed by atoms with Gasteiger partial charge in [0.05, 0.1) is 20.6 Å². The quantitative estimate of drug-likeness (QED) is 0.161. The summed E-state index contributed by atoms with van der Waals surface area (Å²) in [6.07, 6.45) is 0. The fraction of sp³-hybridized carbons (Fsp3) is 0. The van der Waals surface area contributed by atoms with Gasteiger partial charge in [0.15, 0.2) is 17.5 Å². The summed E-state index contributed by atoms with van der Waals surface area (Å²) in [6.45, 7) is 0. The van der Waals surface area contributed by atoms with Crippen LogP contribution >= 0.6 is 11.3 Å². The zero-order valence-corrected chi connectivity index (χ0v) is 33.0. The zero-order valence-electron chi connectivity index (χ0n) is 47.2. The molecular formula is C57H35N3OS. The summed E-state index contributed by atoms with van der Waals surface area (Å²) >= 11 is 1.33. The number of thiophene rings is 1. The minimum absolute atomic E-state index is 0.00390. The molecule has 0 atom stereocenters. The Hall–Kier alpha value is -7.99. The molecule has 12 aromatic rings. The predicted molar refractivity (Wildman–Crippen MR) is 258 cm³/mol. The highest BCUT2D eigenvalue weighted by Crippen LogP contribution is 2.44. The summed E-state index contributed by atoms with van der Waals surface area (Å²) in [5, 5.41) is 1.47. The minimum atomic E-state index is -0.537. The van der Waals surface area contributed by atoms with Gasteiger partial charge in [-0.25, -0.2) is 15.0 Å². The van der Waals surface area contributed by atoms with E-state index in [9.17, 15) is 5.48 Å². The van der Waals surface area contributed by atoms with Crippen molar-refractivity contribution in [2.45, 2.75) is 0 Å². The summed E-state index contributed by atoms with van der Waals surface area (Å²) in [7, 11) is 0. The SMILES string of the molecule is [2H]c1c([2H])c([2H])c(-c2cccc(-c3cc([2H])c4oc5c([2H])c(-c6nc(-c7ccc(-c8ccccc8)cc7)nc(-c7cccc8c7sc7c(-c9c([2H])c([2H])c([2H])c([2H])c9[2H])cccc78)n6)c([2H])c([2H])c5c4c3[2H])c2)c([2H])c1[2H]. The Morgan fingerprint density at radius 3 is 1.71 bits per heavy atom. The van der Waals surface area contributed by atoms with E-state index in [4.69, 9.17) is 34.4 Å². The lowest BCUT2D eigenvalue weighted by Crippen LogP contribution is -2.00. The van der Waals surface area contributed by atoms with Gasteiger partial charge in [0.1, 0.15) is 11.2 Å². The van der Waals surface area contributed by atoms with Gasteiger partial charge in [-0.05, 0) is 80.8 Å². The summed E-state index contributed by atoms with van der Waals surface area (Å²) < 4.78 is 139. The Morgan fingerprint density at radius 1 is 0.355 bits per heavy atom. The average molecular weight is 825 g/mol. The van der Waals surface area contributed by atoms with E-state index in [0.717, 1.165) is 21.9 Å². The van der Waals surface area contributed by atoms with E-state index in [1.54, 1.807) is 36.4 Å². The van der Waals surface area contributed by atoms with Gasteiger partial charge >= 0.3 is 0 Å². The number of aromatic nitrogens is 3. The first kappa shape index (κ1) is 23.7. The first-order chi connectivity index (χ1) is 36.9. The molecule has 0 N–H and O–H groups in total. The molecule has 0 fully saturated rings. The van der Waals surface area contributed by atoms with Crippen LogP contribution in [0.15, 0.2) is 216 Å². The molecule has 0 radical (unpaired) electrons. The van der Waals surface area contributed by atoms with Crippen molar-refractivity contribution in [3.63, 3.8) is 0 Å². The third kappa shape index (κ3) is 6.35. The van der Waals surface area contributed by atoms with Gasteiger partial charge in [0.2, 0.25) is 0 Å². The van der Waals surface area contributed by atoms with Crippen molar-refractivity contribution in [2.75, 3.05) is 0 Å². The first-order valence-electron chi connectivity index (χ1n) is 27.0.